The van der Waals surface area contributed by atoms with E-state index in [-0.39, 0.29) is 2.85 Å². The molecule has 0 fully saturated rings. The fraction of sp³-hybridized carbons (Fsp3) is 1.00. The van der Waals surface area contributed by atoms with Crippen LogP contribution in [0.2, 0.25) is 0 Å². The lowest BCUT2D eigenvalue weighted by Gasteiger charge is -2.02. The van der Waals surface area contributed by atoms with E-state index in [2.05, 4.69) is 24.5 Å². The summed E-state index contributed by atoms with van der Waals surface area (Å²) in [4.78, 5) is 0. The molecule has 0 radical (unpaired) electrons. The quantitative estimate of drug-likeness (QED) is 0.532. The summed E-state index contributed by atoms with van der Waals surface area (Å²) in [5.41, 5.74) is 0. The molecule has 0 aromatic heterocycles. The van der Waals surface area contributed by atoms with E-state index >= 15 is 0 Å². The molecule has 0 aromatic rings. The van der Waals surface area contributed by atoms with E-state index < -0.39 is 0 Å². The molecule has 2 heteroatoms. The molecule has 0 heterocycles. The van der Waals surface area contributed by atoms with Crippen LogP contribution in [0.15, 0.2) is 0 Å². The number of hydrogen-bond acceptors (Lipinski definition) is 2. The fourth-order valence-electron chi connectivity index (χ4n) is 0.979. The second-order valence-electron chi connectivity index (χ2n) is 2.81. The Kier molecular flexibility index (Phi) is 9.85. The van der Waals surface area contributed by atoms with Gasteiger partial charge in [0.15, 0.2) is 0 Å². The van der Waals surface area contributed by atoms with Crippen LogP contribution in [-0.4, -0.2) is 26.2 Å². The Bertz CT molecular complexity index is 64.6. The van der Waals surface area contributed by atoms with Gasteiger partial charge < -0.3 is 10.6 Å². The van der Waals surface area contributed by atoms with Gasteiger partial charge in [0, 0.05) is 2.85 Å². The Morgan fingerprint density at radius 1 is 0.909 bits per heavy atom. The molecule has 0 bridgehead atoms. The van der Waals surface area contributed by atoms with Crippen LogP contribution >= 0.6 is 0 Å². The molecule has 0 spiro atoms. The lowest BCUT2D eigenvalue weighted by molar-refractivity contribution is 0.588. The summed E-state index contributed by atoms with van der Waals surface area (Å²) in [6, 6.07) is 0. The summed E-state index contributed by atoms with van der Waals surface area (Å²) in [6.45, 7) is 8.97. The SMILES string of the molecule is CCCNCCCCNCC.[HH].[HH]. The molecule has 11 heavy (non-hydrogen) atoms. The van der Waals surface area contributed by atoms with Gasteiger partial charge in [-0.05, 0) is 45.4 Å². The Morgan fingerprint density at radius 3 is 2.09 bits per heavy atom. The van der Waals surface area contributed by atoms with E-state index in [1.165, 1.54) is 38.9 Å². The summed E-state index contributed by atoms with van der Waals surface area (Å²) in [5, 5.41) is 6.70. The molecule has 0 amide bonds. The maximum atomic E-state index is 3.38. The molecule has 0 atom stereocenters. The van der Waals surface area contributed by atoms with Crippen LogP contribution in [0.25, 0.3) is 0 Å². The standard InChI is InChI=1S/C9H22N2.2H2/c1-3-7-11-9-6-5-8-10-4-2;;/h10-11H,3-9H2,1-2H3;2*1H. The molecule has 0 saturated heterocycles. The third-order valence-corrected chi connectivity index (χ3v) is 1.63. The molecular weight excluding hydrogens is 136 g/mol. The first-order chi connectivity index (χ1) is 5.41. The lowest BCUT2D eigenvalue weighted by atomic mass is 10.3. The Morgan fingerprint density at radius 2 is 1.55 bits per heavy atom. The second-order valence-corrected chi connectivity index (χ2v) is 2.81. The fourth-order valence-corrected chi connectivity index (χ4v) is 0.979. The Labute approximate surface area is 73.7 Å². The first kappa shape index (κ1) is 10.9. The van der Waals surface area contributed by atoms with Gasteiger partial charge in [0.1, 0.15) is 0 Å². The van der Waals surface area contributed by atoms with E-state index in [9.17, 15) is 0 Å². The molecule has 0 aliphatic rings. The summed E-state index contributed by atoms with van der Waals surface area (Å²) < 4.78 is 0. The number of unbranched alkanes of at least 4 members (excludes halogenated alkanes) is 1. The molecule has 0 aliphatic heterocycles. The van der Waals surface area contributed by atoms with Crippen molar-refractivity contribution in [2.45, 2.75) is 33.1 Å². The summed E-state index contributed by atoms with van der Waals surface area (Å²) in [7, 11) is 0. The maximum absolute atomic E-state index is 3.38. The van der Waals surface area contributed by atoms with E-state index in [1.54, 1.807) is 0 Å². The molecule has 0 saturated carbocycles. The third-order valence-electron chi connectivity index (χ3n) is 1.63. The van der Waals surface area contributed by atoms with Crippen LogP contribution < -0.4 is 10.6 Å². The monoisotopic (exact) mass is 162 g/mol. The molecule has 2 N–H and O–H groups in total. The van der Waals surface area contributed by atoms with Crippen molar-refractivity contribution in [3.63, 3.8) is 0 Å². The summed E-state index contributed by atoms with van der Waals surface area (Å²) in [6.07, 6.45) is 3.84. The van der Waals surface area contributed by atoms with Crippen molar-refractivity contribution < 1.29 is 2.85 Å². The average molecular weight is 162 g/mol. The van der Waals surface area contributed by atoms with Crippen LogP contribution in [0.3, 0.4) is 0 Å². The summed E-state index contributed by atoms with van der Waals surface area (Å²) >= 11 is 0. The minimum Gasteiger partial charge on any atom is -0.317 e. The van der Waals surface area contributed by atoms with Crippen LogP contribution in [-0.2, 0) is 0 Å². The predicted molar refractivity (Wildman–Crippen MR) is 55.2 cm³/mol. The van der Waals surface area contributed by atoms with Gasteiger partial charge in [-0.25, -0.2) is 0 Å². The van der Waals surface area contributed by atoms with Crippen molar-refractivity contribution in [3.05, 3.63) is 0 Å². The van der Waals surface area contributed by atoms with Gasteiger partial charge in [-0.1, -0.05) is 13.8 Å². The molecule has 0 aromatic carbocycles. The van der Waals surface area contributed by atoms with Gasteiger partial charge in [-0.15, -0.1) is 0 Å². The molecule has 2 nitrogen and oxygen atoms in total. The van der Waals surface area contributed by atoms with Crippen LogP contribution in [0, 0.1) is 0 Å². The topological polar surface area (TPSA) is 24.1 Å². The average Bonchev–Trinajstić information content (AvgIpc) is 2.03. The van der Waals surface area contributed by atoms with E-state index in [0.29, 0.717) is 0 Å². The van der Waals surface area contributed by atoms with Gasteiger partial charge in [0.25, 0.3) is 0 Å². The smallest absolute Gasteiger partial charge is 0 e. The second kappa shape index (κ2) is 9.92. The highest BCUT2D eigenvalue weighted by atomic mass is 14.9. The van der Waals surface area contributed by atoms with Gasteiger partial charge in [0.2, 0.25) is 0 Å². The van der Waals surface area contributed by atoms with Crippen molar-refractivity contribution in [3.8, 4) is 0 Å². The van der Waals surface area contributed by atoms with E-state index in [4.69, 9.17) is 0 Å². The first-order valence-electron chi connectivity index (χ1n) is 4.83. The van der Waals surface area contributed by atoms with Crippen LogP contribution in [0.4, 0.5) is 0 Å². The van der Waals surface area contributed by atoms with Gasteiger partial charge >= 0.3 is 0 Å². The zero-order chi connectivity index (χ0) is 8.36. The Hall–Kier alpha value is -0.0800. The van der Waals surface area contributed by atoms with Crippen LogP contribution in [0.1, 0.15) is 36.0 Å². The Balaban J connectivity index is -0.000000500. The van der Waals surface area contributed by atoms with Gasteiger partial charge in [0.05, 0.1) is 0 Å². The van der Waals surface area contributed by atoms with E-state index in [1.807, 2.05) is 0 Å². The number of rotatable bonds is 8. The zero-order valence-electron chi connectivity index (χ0n) is 7.95. The lowest BCUT2D eigenvalue weighted by Crippen LogP contribution is -2.19. The first-order valence-corrected chi connectivity index (χ1v) is 4.83. The number of nitrogens with one attached hydrogen (secondary N) is 2. The molecule has 72 valence electrons. The highest BCUT2D eigenvalue weighted by Crippen LogP contribution is 1.84. The van der Waals surface area contributed by atoms with Crippen molar-refractivity contribution in [2.24, 2.45) is 0 Å². The van der Waals surface area contributed by atoms with Crippen molar-refractivity contribution in [1.29, 1.82) is 0 Å². The zero-order valence-corrected chi connectivity index (χ0v) is 7.95. The molecule has 0 rings (SSSR count). The third kappa shape index (κ3) is 9.92. The largest absolute Gasteiger partial charge is 0.317 e. The van der Waals surface area contributed by atoms with Gasteiger partial charge in [-0.2, -0.15) is 0 Å². The molecular formula is C9H26N2. The minimum atomic E-state index is 0. The maximum Gasteiger partial charge on any atom is 0 e. The van der Waals surface area contributed by atoms with Crippen molar-refractivity contribution >= 4 is 0 Å². The highest BCUT2D eigenvalue weighted by molar-refractivity contribution is 4.49. The predicted octanol–water partition coefficient (Wildman–Crippen LogP) is 1.87. The van der Waals surface area contributed by atoms with E-state index in [0.717, 1.165) is 6.54 Å². The highest BCUT2D eigenvalue weighted by Gasteiger charge is 1.86. The van der Waals surface area contributed by atoms with Crippen molar-refractivity contribution in [1.82, 2.24) is 10.6 Å². The van der Waals surface area contributed by atoms with Gasteiger partial charge in [-0.3, -0.25) is 0 Å². The van der Waals surface area contributed by atoms with Crippen LogP contribution in [0.5, 0.6) is 0 Å². The summed E-state index contributed by atoms with van der Waals surface area (Å²) in [5.74, 6) is 0. The normalized spacial score (nSPS) is 10.4. The van der Waals surface area contributed by atoms with Crippen molar-refractivity contribution in [2.75, 3.05) is 26.2 Å². The molecule has 0 aliphatic carbocycles. The number of hydrogen-bond donors (Lipinski definition) is 2. The minimum absolute atomic E-state index is 0. The molecule has 0 unspecified atom stereocenters.